The molecule has 0 bridgehead atoms. The SMILES string of the molecule is COc1cccc(C(=O)N2CC(N(CC3CCCCC3)CC3CCCO3)CC2C(=O)N2CCNCC2)c1. The quantitative estimate of drug-likeness (QED) is 0.578. The zero-order valence-corrected chi connectivity index (χ0v) is 22.4. The van der Waals surface area contributed by atoms with Crippen molar-refractivity contribution in [3.05, 3.63) is 29.8 Å². The van der Waals surface area contributed by atoms with Gasteiger partial charge in [0.05, 0.1) is 13.2 Å². The fourth-order valence-electron chi connectivity index (χ4n) is 6.68. The molecule has 2 amide bonds. The number of carbonyl (C=O) groups is 2. The first-order chi connectivity index (χ1) is 18.1. The summed E-state index contributed by atoms with van der Waals surface area (Å²) in [5.41, 5.74) is 0.580. The Kier molecular flexibility index (Phi) is 9.00. The highest BCUT2D eigenvalue weighted by atomic mass is 16.5. The van der Waals surface area contributed by atoms with E-state index in [1.807, 2.05) is 28.0 Å². The Morgan fingerprint density at radius 2 is 1.89 bits per heavy atom. The Morgan fingerprint density at radius 1 is 1.08 bits per heavy atom. The van der Waals surface area contributed by atoms with E-state index in [0.29, 0.717) is 43.3 Å². The van der Waals surface area contributed by atoms with Crippen LogP contribution in [0.5, 0.6) is 5.75 Å². The summed E-state index contributed by atoms with van der Waals surface area (Å²) >= 11 is 0. The number of nitrogens with one attached hydrogen (secondary N) is 1. The van der Waals surface area contributed by atoms with E-state index in [1.54, 1.807) is 13.2 Å². The van der Waals surface area contributed by atoms with Crippen molar-refractivity contribution in [1.82, 2.24) is 20.0 Å². The van der Waals surface area contributed by atoms with Gasteiger partial charge in [-0.05, 0) is 56.2 Å². The van der Waals surface area contributed by atoms with Crippen molar-refractivity contribution >= 4 is 11.8 Å². The summed E-state index contributed by atoms with van der Waals surface area (Å²) in [5.74, 6) is 1.36. The molecule has 3 unspecified atom stereocenters. The minimum Gasteiger partial charge on any atom is -0.497 e. The van der Waals surface area contributed by atoms with Crippen LogP contribution in [0.3, 0.4) is 0 Å². The first-order valence-electron chi connectivity index (χ1n) is 14.4. The second-order valence-electron chi connectivity index (χ2n) is 11.3. The lowest BCUT2D eigenvalue weighted by Crippen LogP contribution is -2.53. The van der Waals surface area contributed by atoms with Crippen molar-refractivity contribution in [2.24, 2.45) is 5.92 Å². The van der Waals surface area contributed by atoms with Gasteiger partial charge in [-0.15, -0.1) is 0 Å². The molecular formula is C29H44N4O4. The zero-order chi connectivity index (χ0) is 25.6. The number of nitrogens with zero attached hydrogens (tertiary/aromatic N) is 3. The second-order valence-corrected chi connectivity index (χ2v) is 11.3. The molecule has 1 aromatic rings. The summed E-state index contributed by atoms with van der Waals surface area (Å²) in [7, 11) is 1.61. The van der Waals surface area contributed by atoms with Crippen LogP contribution in [0.4, 0.5) is 0 Å². The third-order valence-electron chi connectivity index (χ3n) is 8.77. The number of likely N-dealkylation sites (tertiary alicyclic amines) is 1. The Balaban J connectivity index is 1.38. The van der Waals surface area contributed by atoms with Gasteiger partial charge in [-0.2, -0.15) is 0 Å². The molecule has 0 aromatic heterocycles. The van der Waals surface area contributed by atoms with Crippen molar-refractivity contribution in [3.63, 3.8) is 0 Å². The predicted octanol–water partition coefficient (Wildman–Crippen LogP) is 2.77. The van der Waals surface area contributed by atoms with Crippen LogP contribution < -0.4 is 10.1 Å². The maximum Gasteiger partial charge on any atom is 0.254 e. The Morgan fingerprint density at radius 3 is 2.62 bits per heavy atom. The van der Waals surface area contributed by atoms with Crippen molar-refractivity contribution in [2.75, 3.05) is 59.5 Å². The molecule has 3 atom stereocenters. The van der Waals surface area contributed by atoms with Crippen molar-refractivity contribution in [1.29, 1.82) is 0 Å². The predicted molar refractivity (Wildman–Crippen MR) is 143 cm³/mol. The normalized spacial score (nSPS) is 27.1. The van der Waals surface area contributed by atoms with Crippen LogP contribution >= 0.6 is 0 Å². The monoisotopic (exact) mass is 512 g/mol. The van der Waals surface area contributed by atoms with E-state index in [-0.39, 0.29) is 24.0 Å². The van der Waals surface area contributed by atoms with E-state index in [0.717, 1.165) is 45.6 Å². The lowest BCUT2D eigenvalue weighted by Gasteiger charge is -2.35. The van der Waals surface area contributed by atoms with Crippen molar-refractivity contribution in [3.8, 4) is 5.75 Å². The average Bonchev–Trinajstić information content (AvgIpc) is 3.63. The third-order valence-corrected chi connectivity index (χ3v) is 8.77. The summed E-state index contributed by atoms with van der Waals surface area (Å²) < 4.78 is 11.4. The highest BCUT2D eigenvalue weighted by Crippen LogP contribution is 2.31. The molecule has 1 saturated carbocycles. The van der Waals surface area contributed by atoms with E-state index in [4.69, 9.17) is 9.47 Å². The minimum atomic E-state index is -0.430. The van der Waals surface area contributed by atoms with Gasteiger partial charge >= 0.3 is 0 Å². The summed E-state index contributed by atoms with van der Waals surface area (Å²) in [4.78, 5) is 34.1. The fourth-order valence-corrected chi connectivity index (χ4v) is 6.68. The smallest absolute Gasteiger partial charge is 0.254 e. The van der Waals surface area contributed by atoms with E-state index in [2.05, 4.69) is 10.2 Å². The Labute approximate surface area is 221 Å². The topological polar surface area (TPSA) is 74.4 Å². The molecule has 1 aliphatic carbocycles. The third kappa shape index (κ3) is 6.47. The summed E-state index contributed by atoms with van der Waals surface area (Å²) in [6, 6.07) is 7.04. The van der Waals surface area contributed by atoms with Gasteiger partial charge in [0.15, 0.2) is 0 Å². The molecule has 1 N–H and O–H groups in total. The summed E-state index contributed by atoms with van der Waals surface area (Å²) in [6.45, 7) is 6.37. The number of hydrogen-bond donors (Lipinski definition) is 1. The van der Waals surface area contributed by atoms with Gasteiger partial charge in [0.25, 0.3) is 5.91 Å². The molecule has 8 heteroatoms. The van der Waals surface area contributed by atoms with Crippen LogP contribution in [0.25, 0.3) is 0 Å². The van der Waals surface area contributed by atoms with Crippen LogP contribution in [0.1, 0.15) is 61.7 Å². The lowest BCUT2D eigenvalue weighted by molar-refractivity contribution is -0.135. The van der Waals surface area contributed by atoms with Crippen LogP contribution in [-0.4, -0.2) is 104 Å². The van der Waals surface area contributed by atoms with Crippen molar-refractivity contribution < 1.29 is 19.1 Å². The molecule has 3 aliphatic heterocycles. The zero-order valence-electron chi connectivity index (χ0n) is 22.4. The lowest BCUT2D eigenvalue weighted by atomic mass is 9.88. The van der Waals surface area contributed by atoms with Gasteiger partial charge in [0, 0.05) is 64.0 Å². The molecule has 4 fully saturated rings. The van der Waals surface area contributed by atoms with E-state index >= 15 is 0 Å². The Bertz CT molecular complexity index is 909. The first-order valence-corrected chi connectivity index (χ1v) is 14.4. The number of hydrogen-bond acceptors (Lipinski definition) is 6. The minimum absolute atomic E-state index is 0.0791. The maximum atomic E-state index is 13.9. The maximum absolute atomic E-state index is 13.9. The number of methoxy groups -OCH3 is 1. The van der Waals surface area contributed by atoms with E-state index in [9.17, 15) is 9.59 Å². The molecule has 8 nitrogen and oxygen atoms in total. The van der Waals surface area contributed by atoms with Crippen molar-refractivity contribution in [2.45, 2.75) is 69.6 Å². The van der Waals surface area contributed by atoms with Crippen LogP contribution in [-0.2, 0) is 9.53 Å². The van der Waals surface area contributed by atoms with Crippen LogP contribution in [0.15, 0.2) is 24.3 Å². The standard InChI is InChI=1S/C29H44N4O4/c1-36-25-10-5-9-23(17-25)28(34)33-20-24(18-27(33)29(35)31-14-12-30-13-15-31)32(21-26-11-6-16-37-26)19-22-7-3-2-4-8-22/h5,9-10,17,22,24,26-27,30H,2-4,6-8,11-16,18-21H2,1H3. The summed E-state index contributed by atoms with van der Waals surface area (Å²) in [6.07, 6.45) is 9.71. The number of benzene rings is 1. The molecule has 3 heterocycles. The summed E-state index contributed by atoms with van der Waals surface area (Å²) in [5, 5.41) is 3.34. The van der Waals surface area contributed by atoms with E-state index in [1.165, 1.54) is 32.1 Å². The molecule has 3 saturated heterocycles. The van der Waals surface area contributed by atoms with Crippen LogP contribution in [0.2, 0.25) is 0 Å². The molecule has 204 valence electrons. The van der Waals surface area contributed by atoms with Gasteiger partial charge in [-0.1, -0.05) is 25.3 Å². The van der Waals surface area contributed by atoms with Crippen LogP contribution in [0, 0.1) is 5.92 Å². The largest absolute Gasteiger partial charge is 0.497 e. The first kappa shape index (κ1) is 26.4. The molecule has 37 heavy (non-hydrogen) atoms. The number of piperazine rings is 1. The average molecular weight is 513 g/mol. The highest BCUT2D eigenvalue weighted by molar-refractivity contribution is 5.98. The molecule has 0 radical (unpaired) electrons. The second kappa shape index (κ2) is 12.6. The van der Waals surface area contributed by atoms with E-state index < -0.39 is 6.04 Å². The molecule has 5 rings (SSSR count). The molecular weight excluding hydrogens is 468 g/mol. The van der Waals surface area contributed by atoms with Gasteiger partial charge in [0.2, 0.25) is 5.91 Å². The van der Waals surface area contributed by atoms with Gasteiger partial charge in [-0.3, -0.25) is 14.5 Å². The molecule has 0 spiro atoms. The fraction of sp³-hybridized carbons (Fsp3) is 0.724. The Hall–Kier alpha value is -2.16. The number of carbonyl (C=O) groups excluding carboxylic acids is 2. The molecule has 4 aliphatic rings. The van der Waals surface area contributed by atoms with Gasteiger partial charge in [0.1, 0.15) is 11.8 Å². The number of amides is 2. The number of rotatable bonds is 8. The highest BCUT2D eigenvalue weighted by Gasteiger charge is 2.44. The molecule has 1 aromatic carbocycles. The van der Waals surface area contributed by atoms with Gasteiger partial charge in [-0.25, -0.2) is 0 Å². The van der Waals surface area contributed by atoms with Gasteiger partial charge < -0.3 is 24.6 Å². The number of ether oxygens (including phenoxy) is 2.